The normalized spacial score (nSPS) is 22.4. The highest BCUT2D eigenvalue weighted by Crippen LogP contribution is 2.33. The van der Waals surface area contributed by atoms with Crippen LogP contribution in [0, 0.1) is 12.3 Å². The van der Waals surface area contributed by atoms with E-state index in [1.165, 1.54) is 0 Å². The number of nitrogens with one attached hydrogen (secondary N) is 2. The highest BCUT2D eigenvalue weighted by atomic mass is 16.3. The summed E-state index contributed by atoms with van der Waals surface area (Å²) in [6.45, 7) is 7.96. The van der Waals surface area contributed by atoms with Gasteiger partial charge in [0.2, 0.25) is 11.9 Å². The number of imidazole rings is 1. The predicted molar refractivity (Wildman–Crippen MR) is 114 cm³/mol. The quantitative estimate of drug-likeness (QED) is 0.613. The van der Waals surface area contributed by atoms with Crippen molar-refractivity contribution in [1.29, 1.82) is 0 Å². The molecule has 2 aromatic heterocycles. The van der Waals surface area contributed by atoms with E-state index in [0.717, 1.165) is 23.3 Å². The van der Waals surface area contributed by atoms with Gasteiger partial charge in [0.05, 0.1) is 23.2 Å². The maximum Gasteiger partial charge on any atom is 0.230 e. The van der Waals surface area contributed by atoms with Gasteiger partial charge in [-0.25, -0.2) is 9.97 Å². The molecule has 0 bridgehead atoms. The van der Waals surface area contributed by atoms with Crippen LogP contribution in [-0.2, 0) is 4.79 Å². The molecule has 3 N–H and O–H groups in total. The van der Waals surface area contributed by atoms with Crippen molar-refractivity contribution >= 4 is 16.9 Å². The lowest BCUT2D eigenvalue weighted by Gasteiger charge is -2.34. The molecule has 30 heavy (non-hydrogen) atoms. The van der Waals surface area contributed by atoms with E-state index in [4.69, 9.17) is 0 Å². The van der Waals surface area contributed by atoms with Gasteiger partial charge < -0.3 is 15.4 Å². The molecule has 1 aliphatic carbocycles. The maximum absolute atomic E-state index is 12.4. The molecule has 2 heterocycles. The number of carbonyl (C=O) groups excluding carboxylic acids is 1. The summed E-state index contributed by atoms with van der Waals surface area (Å²) in [7, 11) is 0. The van der Waals surface area contributed by atoms with Crippen LogP contribution < -0.4 is 5.32 Å². The lowest BCUT2D eigenvalue weighted by Crippen LogP contribution is -2.47. The van der Waals surface area contributed by atoms with Crippen molar-refractivity contribution in [2.75, 3.05) is 0 Å². The van der Waals surface area contributed by atoms with Crippen molar-refractivity contribution in [3.8, 4) is 5.95 Å². The Bertz CT molecular complexity index is 1010. The van der Waals surface area contributed by atoms with E-state index >= 15 is 0 Å². The van der Waals surface area contributed by atoms with Crippen molar-refractivity contribution in [3.05, 3.63) is 35.9 Å². The topological polar surface area (TPSA) is 109 Å². The standard InChI is InChI=1S/C22H30N6O2/c1-13-23-20(28(27-13)21-25-15-7-5-6-8-16(15)26-21)14-9-10-18(29)17(11-14)24-19(30)12-22(2,3)4/h5-8,14,17-18,29H,9-12H2,1-4H3,(H,24,30)(H,25,26)/t14-,17+,18+/m0/s1. The molecule has 3 aromatic rings. The zero-order chi connectivity index (χ0) is 21.5. The Hall–Kier alpha value is -2.74. The summed E-state index contributed by atoms with van der Waals surface area (Å²) in [5.41, 5.74) is 1.72. The van der Waals surface area contributed by atoms with Crippen LogP contribution in [0.2, 0.25) is 0 Å². The van der Waals surface area contributed by atoms with E-state index in [2.05, 4.69) is 25.4 Å². The number of aromatic nitrogens is 5. The fraction of sp³-hybridized carbons (Fsp3) is 0.545. The number of aryl methyl sites for hydroxylation is 1. The molecule has 0 spiro atoms. The minimum Gasteiger partial charge on any atom is -0.391 e. The summed E-state index contributed by atoms with van der Waals surface area (Å²) in [6, 6.07) is 7.56. The molecule has 0 radical (unpaired) electrons. The summed E-state index contributed by atoms with van der Waals surface area (Å²) in [6.07, 6.45) is 1.89. The molecule has 0 saturated heterocycles. The number of rotatable bonds is 4. The second-order valence-electron chi connectivity index (χ2n) is 9.50. The number of amides is 1. The van der Waals surface area contributed by atoms with E-state index in [1.54, 1.807) is 4.68 Å². The molecular weight excluding hydrogens is 380 g/mol. The smallest absolute Gasteiger partial charge is 0.230 e. The molecule has 3 atom stereocenters. The number of aliphatic hydroxyl groups is 1. The third-order valence-corrected chi connectivity index (χ3v) is 5.53. The Morgan fingerprint density at radius 2 is 2.03 bits per heavy atom. The van der Waals surface area contributed by atoms with Crippen LogP contribution in [0.4, 0.5) is 0 Å². The van der Waals surface area contributed by atoms with E-state index in [1.807, 2.05) is 52.0 Å². The molecule has 1 fully saturated rings. The van der Waals surface area contributed by atoms with E-state index in [-0.39, 0.29) is 23.3 Å². The van der Waals surface area contributed by atoms with Crippen molar-refractivity contribution in [1.82, 2.24) is 30.0 Å². The van der Waals surface area contributed by atoms with Crippen LogP contribution in [0.15, 0.2) is 24.3 Å². The summed E-state index contributed by atoms with van der Waals surface area (Å²) in [5, 5.41) is 18.1. The average molecular weight is 411 g/mol. The molecule has 0 unspecified atom stereocenters. The Kier molecular flexibility index (Phi) is 5.36. The van der Waals surface area contributed by atoms with Crippen LogP contribution in [-0.4, -0.2) is 47.9 Å². The highest BCUT2D eigenvalue weighted by Gasteiger charge is 2.34. The number of fused-ring (bicyclic) bond motifs is 1. The zero-order valence-corrected chi connectivity index (χ0v) is 18.0. The average Bonchev–Trinajstić information content (AvgIpc) is 3.25. The van der Waals surface area contributed by atoms with Gasteiger partial charge in [0.25, 0.3) is 0 Å². The number of hydrogen-bond acceptors (Lipinski definition) is 5. The molecule has 8 heteroatoms. The Labute approximate surface area is 176 Å². The molecule has 1 aliphatic rings. The van der Waals surface area contributed by atoms with E-state index in [0.29, 0.717) is 31.0 Å². The first-order chi connectivity index (χ1) is 14.2. The Morgan fingerprint density at radius 1 is 1.27 bits per heavy atom. The lowest BCUT2D eigenvalue weighted by atomic mass is 9.82. The van der Waals surface area contributed by atoms with E-state index in [9.17, 15) is 9.90 Å². The Balaban J connectivity index is 1.57. The molecule has 8 nitrogen and oxygen atoms in total. The van der Waals surface area contributed by atoms with Crippen LogP contribution in [0.25, 0.3) is 17.0 Å². The second kappa shape index (κ2) is 7.83. The monoisotopic (exact) mass is 410 g/mol. The van der Waals surface area contributed by atoms with Gasteiger partial charge in [-0.2, -0.15) is 4.68 Å². The molecule has 1 aromatic carbocycles. The number of H-pyrrole nitrogens is 1. The number of benzene rings is 1. The van der Waals surface area contributed by atoms with Gasteiger partial charge >= 0.3 is 0 Å². The number of aromatic amines is 1. The predicted octanol–water partition coefficient (Wildman–Crippen LogP) is 3.00. The minimum atomic E-state index is -0.547. The number of para-hydroxylation sites is 2. The summed E-state index contributed by atoms with van der Waals surface area (Å²) >= 11 is 0. The largest absolute Gasteiger partial charge is 0.391 e. The number of carbonyl (C=O) groups is 1. The maximum atomic E-state index is 12.4. The first-order valence-electron chi connectivity index (χ1n) is 10.6. The van der Waals surface area contributed by atoms with Crippen LogP contribution in [0.5, 0.6) is 0 Å². The SMILES string of the molecule is Cc1nc([C@H]2CC[C@@H](O)[C@H](NC(=O)CC(C)(C)C)C2)n(-c2nc3ccccc3[nH]2)n1. The summed E-state index contributed by atoms with van der Waals surface area (Å²) in [5.74, 6) is 2.16. The molecule has 0 aliphatic heterocycles. The van der Waals surface area contributed by atoms with Crippen LogP contribution >= 0.6 is 0 Å². The third-order valence-electron chi connectivity index (χ3n) is 5.53. The van der Waals surface area contributed by atoms with Crippen LogP contribution in [0.3, 0.4) is 0 Å². The van der Waals surface area contributed by atoms with Crippen molar-refractivity contribution in [2.45, 2.75) is 71.4 Å². The Morgan fingerprint density at radius 3 is 2.77 bits per heavy atom. The first kappa shape index (κ1) is 20.5. The van der Waals surface area contributed by atoms with Gasteiger partial charge in [-0.3, -0.25) is 4.79 Å². The molecule has 1 amide bonds. The summed E-state index contributed by atoms with van der Waals surface area (Å²) in [4.78, 5) is 25.1. The molecular formula is C22H30N6O2. The van der Waals surface area contributed by atoms with Gasteiger partial charge in [0.15, 0.2) is 0 Å². The minimum absolute atomic E-state index is 0.0258. The number of nitrogens with zero attached hydrogens (tertiary/aromatic N) is 4. The van der Waals surface area contributed by atoms with Gasteiger partial charge in [0.1, 0.15) is 11.6 Å². The second-order valence-corrected chi connectivity index (χ2v) is 9.50. The highest BCUT2D eigenvalue weighted by molar-refractivity contribution is 5.77. The first-order valence-corrected chi connectivity index (χ1v) is 10.6. The van der Waals surface area contributed by atoms with Gasteiger partial charge in [0, 0.05) is 12.3 Å². The zero-order valence-electron chi connectivity index (χ0n) is 18.0. The third kappa shape index (κ3) is 4.38. The van der Waals surface area contributed by atoms with Gasteiger partial charge in [-0.15, -0.1) is 5.10 Å². The fourth-order valence-corrected chi connectivity index (χ4v) is 4.17. The van der Waals surface area contributed by atoms with Crippen molar-refractivity contribution in [2.24, 2.45) is 5.41 Å². The number of hydrogen-bond donors (Lipinski definition) is 3. The molecule has 1 saturated carbocycles. The van der Waals surface area contributed by atoms with Crippen molar-refractivity contribution in [3.63, 3.8) is 0 Å². The molecule has 4 rings (SSSR count). The van der Waals surface area contributed by atoms with E-state index < -0.39 is 6.10 Å². The lowest BCUT2D eigenvalue weighted by molar-refractivity contribution is -0.124. The molecule has 160 valence electrons. The van der Waals surface area contributed by atoms with Crippen LogP contribution in [0.1, 0.15) is 64.0 Å². The number of aliphatic hydroxyl groups excluding tert-OH is 1. The van der Waals surface area contributed by atoms with Gasteiger partial charge in [-0.05, 0) is 43.7 Å². The van der Waals surface area contributed by atoms with Crippen molar-refractivity contribution < 1.29 is 9.90 Å². The summed E-state index contributed by atoms with van der Waals surface area (Å²) < 4.78 is 1.77. The van der Waals surface area contributed by atoms with Gasteiger partial charge in [-0.1, -0.05) is 32.9 Å². The fourth-order valence-electron chi connectivity index (χ4n) is 4.17.